The maximum absolute atomic E-state index is 5.55. The summed E-state index contributed by atoms with van der Waals surface area (Å²) in [4.78, 5) is 0. The van der Waals surface area contributed by atoms with Crippen LogP contribution >= 0.6 is 0 Å². The van der Waals surface area contributed by atoms with E-state index in [0.717, 1.165) is 13.2 Å². The van der Waals surface area contributed by atoms with E-state index < -0.39 is 0 Å². The number of rotatable bonds is 9. The molecule has 88 valence electrons. The highest BCUT2D eigenvalue weighted by atomic mass is 28.3. The van der Waals surface area contributed by atoms with Gasteiger partial charge in [-0.1, -0.05) is 45.3 Å². The molecule has 0 aromatic heterocycles. The van der Waals surface area contributed by atoms with E-state index in [1.807, 2.05) is 0 Å². The molecule has 0 aliphatic rings. The zero-order chi connectivity index (χ0) is 9.94. The van der Waals surface area contributed by atoms with Crippen LogP contribution in [0.2, 0.25) is 19.1 Å². The Labute approximate surface area is 90.2 Å². The van der Waals surface area contributed by atoms with Crippen molar-refractivity contribution in [2.45, 2.75) is 58.2 Å². The van der Waals surface area contributed by atoms with Crippen molar-refractivity contribution in [3.63, 3.8) is 0 Å². The van der Waals surface area contributed by atoms with Gasteiger partial charge in [-0.25, -0.2) is 0 Å². The van der Waals surface area contributed by atoms with E-state index >= 15 is 0 Å². The van der Waals surface area contributed by atoms with Crippen molar-refractivity contribution < 1.29 is 9.44 Å². The highest BCUT2D eigenvalue weighted by molar-refractivity contribution is 6.55. The number of hydrogen-bond donors (Lipinski definition) is 0. The summed E-state index contributed by atoms with van der Waals surface area (Å²) in [6.45, 7) is 9.04. The van der Waals surface area contributed by atoms with Gasteiger partial charge in [-0.2, -0.15) is 0 Å². The van der Waals surface area contributed by atoms with Crippen LogP contribution in [0.25, 0.3) is 0 Å². The van der Waals surface area contributed by atoms with E-state index in [1.165, 1.54) is 38.1 Å². The first kappa shape index (κ1) is 16.5. The zero-order valence-electron chi connectivity index (χ0n) is 10.1. The molecule has 0 aliphatic heterocycles. The van der Waals surface area contributed by atoms with Gasteiger partial charge in [0.1, 0.15) is 0 Å². The molecule has 0 fully saturated rings. The SMILES string of the molecule is CCCCCCOCCC[SiH](C)C.F. The summed E-state index contributed by atoms with van der Waals surface area (Å²) in [6, 6.07) is 1.44. The summed E-state index contributed by atoms with van der Waals surface area (Å²) in [6.07, 6.45) is 6.57. The molecule has 0 aromatic rings. The molecule has 3 heteroatoms. The fraction of sp³-hybridized carbons (Fsp3) is 1.00. The van der Waals surface area contributed by atoms with E-state index in [2.05, 4.69) is 20.0 Å². The molecule has 1 nitrogen and oxygen atoms in total. The van der Waals surface area contributed by atoms with Crippen LogP contribution in [0.5, 0.6) is 0 Å². The second-order valence-corrected chi connectivity index (χ2v) is 7.57. The molecule has 0 spiro atoms. The van der Waals surface area contributed by atoms with Gasteiger partial charge < -0.3 is 4.74 Å². The molecule has 0 saturated heterocycles. The molecule has 0 aromatic carbocycles. The van der Waals surface area contributed by atoms with Gasteiger partial charge >= 0.3 is 0 Å². The average molecular weight is 222 g/mol. The number of halogens is 1. The van der Waals surface area contributed by atoms with Gasteiger partial charge in [0.2, 0.25) is 0 Å². The number of ether oxygens (including phenoxy) is 1. The molecule has 0 atom stereocenters. The average Bonchev–Trinajstić information content (AvgIpc) is 2.09. The normalized spacial score (nSPS) is 10.3. The minimum Gasteiger partial charge on any atom is -0.381 e. The van der Waals surface area contributed by atoms with Gasteiger partial charge in [-0.05, 0) is 12.8 Å². The van der Waals surface area contributed by atoms with Crippen molar-refractivity contribution in [1.82, 2.24) is 0 Å². The first-order valence-electron chi connectivity index (χ1n) is 5.85. The zero-order valence-corrected chi connectivity index (χ0v) is 11.2. The Morgan fingerprint density at radius 1 is 0.929 bits per heavy atom. The van der Waals surface area contributed by atoms with Gasteiger partial charge in [-0.3, -0.25) is 4.70 Å². The quantitative estimate of drug-likeness (QED) is 0.428. The summed E-state index contributed by atoms with van der Waals surface area (Å²) in [5.74, 6) is 0. The monoisotopic (exact) mass is 222 g/mol. The first-order valence-corrected chi connectivity index (χ1v) is 8.97. The van der Waals surface area contributed by atoms with E-state index in [4.69, 9.17) is 4.74 Å². The maximum atomic E-state index is 5.55. The lowest BCUT2D eigenvalue weighted by Crippen LogP contribution is -2.03. The summed E-state index contributed by atoms with van der Waals surface area (Å²) in [5.41, 5.74) is 0. The minimum atomic E-state index is -0.320. The summed E-state index contributed by atoms with van der Waals surface area (Å²) in [7, 11) is -0.320. The first-order chi connectivity index (χ1) is 6.27. The third-order valence-corrected chi connectivity index (χ3v) is 3.78. The second-order valence-electron chi connectivity index (χ2n) is 4.21. The van der Waals surface area contributed by atoms with Crippen molar-refractivity contribution >= 4 is 8.80 Å². The van der Waals surface area contributed by atoms with Crippen molar-refractivity contribution in [2.24, 2.45) is 0 Å². The fourth-order valence-electron chi connectivity index (χ4n) is 1.33. The molecule has 0 radical (unpaired) electrons. The smallest absolute Gasteiger partial charge is 0.0466 e. The Hall–Kier alpha value is 0.107. The van der Waals surface area contributed by atoms with Gasteiger partial charge in [-0.15, -0.1) is 0 Å². The van der Waals surface area contributed by atoms with Crippen LogP contribution in [-0.4, -0.2) is 22.0 Å². The Kier molecular flexibility index (Phi) is 15.5. The van der Waals surface area contributed by atoms with Crippen LogP contribution in [0.3, 0.4) is 0 Å². The number of hydrogen-bond acceptors (Lipinski definition) is 1. The molecule has 14 heavy (non-hydrogen) atoms. The van der Waals surface area contributed by atoms with Crippen LogP contribution in [0, 0.1) is 0 Å². The molecule has 0 heterocycles. The predicted molar refractivity (Wildman–Crippen MR) is 65.8 cm³/mol. The van der Waals surface area contributed by atoms with Gasteiger partial charge in [0.25, 0.3) is 0 Å². The van der Waals surface area contributed by atoms with Gasteiger partial charge in [0, 0.05) is 22.0 Å². The van der Waals surface area contributed by atoms with Crippen LogP contribution in [0.4, 0.5) is 4.70 Å². The van der Waals surface area contributed by atoms with Crippen LogP contribution < -0.4 is 0 Å². The van der Waals surface area contributed by atoms with E-state index in [0.29, 0.717) is 0 Å². The molecule has 0 bridgehead atoms. The lowest BCUT2D eigenvalue weighted by molar-refractivity contribution is 0.130. The van der Waals surface area contributed by atoms with Crippen molar-refractivity contribution in [3.05, 3.63) is 0 Å². The topological polar surface area (TPSA) is 9.23 Å². The molecule has 0 amide bonds. The minimum absolute atomic E-state index is 0. The Morgan fingerprint density at radius 2 is 1.57 bits per heavy atom. The molecule has 0 rings (SSSR count). The fourth-order valence-corrected chi connectivity index (χ4v) is 2.31. The predicted octanol–water partition coefficient (Wildman–Crippen LogP) is 3.61. The van der Waals surface area contributed by atoms with Gasteiger partial charge in [0.05, 0.1) is 0 Å². The third-order valence-electron chi connectivity index (χ3n) is 2.21. The Bertz CT molecular complexity index is 99.3. The van der Waals surface area contributed by atoms with Crippen LogP contribution in [0.1, 0.15) is 39.0 Å². The Morgan fingerprint density at radius 3 is 2.14 bits per heavy atom. The molecule has 0 unspecified atom stereocenters. The van der Waals surface area contributed by atoms with E-state index in [1.54, 1.807) is 0 Å². The third kappa shape index (κ3) is 14.6. The molecule has 0 aliphatic carbocycles. The Balaban J connectivity index is 0. The lowest BCUT2D eigenvalue weighted by Gasteiger charge is -2.04. The second kappa shape index (κ2) is 13.1. The largest absolute Gasteiger partial charge is 0.381 e. The molecular formula is C11H27FOSi. The molecular weight excluding hydrogens is 195 g/mol. The number of unbranched alkanes of at least 4 members (excludes halogenated alkanes) is 3. The lowest BCUT2D eigenvalue weighted by atomic mass is 10.2. The van der Waals surface area contributed by atoms with Gasteiger partial charge in [0.15, 0.2) is 0 Å². The van der Waals surface area contributed by atoms with Crippen molar-refractivity contribution in [3.8, 4) is 0 Å². The highest BCUT2D eigenvalue weighted by Gasteiger charge is 1.95. The van der Waals surface area contributed by atoms with Crippen molar-refractivity contribution in [2.75, 3.05) is 13.2 Å². The van der Waals surface area contributed by atoms with Crippen molar-refractivity contribution in [1.29, 1.82) is 0 Å². The summed E-state index contributed by atoms with van der Waals surface area (Å²) < 4.78 is 5.55. The van der Waals surface area contributed by atoms with Crippen LogP contribution in [-0.2, 0) is 4.74 Å². The van der Waals surface area contributed by atoms with Crippen LogP contribution in [0.15, 0.2) is 0 Å². The maximum Gasteiger partial charge on any atom is 0.0466 e. The summed E-state index contributed by atoms with van der Waals surface area (Å²) in [5, 5.41) is 0. The van der Waals surface area contributed by atoms with E-state index in [-0.39, 0.29) is 13.5 Å². The summed E-state index contributed by atoms with van der Waals surface area (Å²) >= 11 is 0. The standard InChI is InChI=1S/C11H26OSi.FH/c1-4-5-6-7-9-12-10-8-11-13(2)3;/h13H,4-11H2,1-3H3;1H. The van der Waals surface area contributed by atoms with E-state index in [9.17, 15) is 0 Å². The molecule has 0 saturated carbocycles. The molecule has 0 N–H and O–H groups in total. The highest BCUT2D eigenvalue weighted by Crippen LogP contribution is 2.01.